The molecule has 5 heteroatoms. The van der Waals surface area contributed by atoms with Gasteiger partial charge in [0.25, 0.3) is 0 Å². The molecule has 0 spiro atoms. The molecule has 1 aromatic rings. The summed E-state index contributed by atoms with van der Waals surface area (Å²) in [7, 11) is 1.95. The van der Waals surface area contributed by atoms with Gasteiger partial charge >= 0.3 is 0 Å². The van der Waals surface area contributed by atoms with Crippen molar-refractivity contribution in [3.63, 3.8) is 0 Å². The zero-order chi connectivity index (χ0) is 11.8. The topological polar surface area (TPSA) is 38.0 Å². The van der Waals surface area contributed by atoms with Crippen LogP contribution in [-0.4, -0.2) is 32.0 Å². The van der Waals surface area contributed by atoms with Gasteiger partial charge in [-0.1, -0.05) is 6.92 Å². The Kier molecular flexibility index (Phi) is 3.66. The lowest BCUT2D eigenvalue weighted by Gasteiger charge is -2.21. The Morgan fingerprint density at radius 1 is 1.62 bits per heavy atom. The maximum atomic E-state index is 10.4. The van der Waals surface area contributed by atoms with E-state index in [0.29, 0.717) is 6.42 Å². The van der Waals surface area contributed by atoms with E-state index in [9.17, 15) is 5.11 Å². The summed E-state index contributed by atoms with van der Waals surface area (Å²) < 4.78 is 2.96. The Morgan fingerprint density at radius 3 is 2.88 bits per heavy atom. The summed E-state index contributed by atoms with van der Waals surface area (Å²) in [5, 5.41) is 14.8. The number of hydrogen-bond acceptors (Lipinski definition) is 3. The van der Waals surface area contributed by atoms with Crippen molar-refractivity contribution < 1.29 is 5.11 Å². The van der Waals surface area contributed by atoms with Gasteiger partial charge in [0, 0.05) is 19.2 Å². The van der Waals surface area contributed by atoms with Gasteiger partial charge in [0.15, 0.2) is 0 Å². The third-order valence-electron chi connectivity index (χ3n) is 3.08. The lowest BCUT2D eigenvalue weighted by Crippen LogP contribution is -2.31. The minimum Gasteiger partial charge on any atom is -0.389 e. The normalized spacial score (nSPS) is 25.2. The molecule has 0 aliphatic carbocycles. The first-order chi connectivity index (χ1) is 7.56. The highest BCUT2D eigenvalue weighted by molar-refractivity contribution is 9.10. The van der Waals surface area contributed by atoms with Crippen LogP contribution in [0.1, 0.15) is 24.7 Å². The van der Waals surface area contributed by atoms with Crippen molar-refractivity contribution in [3.05, 3.63) is 15.9 Å². The second-order valence-corrected chi connectivity index (χ2v) is 6.29. The Labute approximate surface area is 109 Å². The molecule has 0 amide bonds. The average Bonchev–Trinajstić information content (AvgIpc) is 2.78. The first-order valence-electron chi connectivity index (χ1n) is 5.56. The summed E-state index contributed by atoms with van der Waals surface area (Å²) in [5.74, 6) is 1.90. The maximum absolute atomic E-state index is 10.4. The molecule has 90 valence electrons. The van der Waals surface area contributed by atoms with Crippen LogP contribution in [0.15, 0.2) is 4.47 Å². The van der Waals surface area contributed by atoms with Crippen molar-refractivity contribution in [1.82, 2.24) is 9.78 Å². The Morgan fingerprint density at radius 2 is 2.38 bits per heavy atom. The second kappa shape index (κ2) is 4.70. The Hall–Kier alpha value is -0.000000000000000111. The van der Waals surface area contributed by atoms with Gasteiger partial charge in [-0.3, -0.25) is 4.68 Å². The van der Waals surface area contributed by atoms with Gasteiger partial charge in [-0.2, -0.15) is 16.9 Å². The number of aliphatic hydroxyl groups is 1. The van der Waals surface area contributed by atoms with Crippen LogP contribution < -0.4 is 0 Å². The molecule has 2 heterocycles. The molecule has 2 rings (SSSR count). The highest BCUT2D eigenvalue weighted by Crippen LogP contribution is 2.33. The number of halogens is 1. The number of aromatic nitrogens is 2. The molecule has 1 aliphatic rings. The van der Waals surface area contributed by atoms with E-state index in [1.165, 1.54) is 0 Å². The van der Waals surface area contributed by atoms with E-state index in [4.69, 9.17) is 0 Å². The molecule has 1 N–H and O–H groups in total. The van der Waals surface area contributed by atoms with Crippen molar-refractivity contribution in [2.24, 2.45) is 7.05 Å². The van der Waals surface area contributed by atoms with E-state index in [1.807, 2.05) is 23.5 Å². The van der Waals surface area contributed by atoms with Crippen molar-refractivity contribution >= 4 is 27.7 Å². The van der Waals surface area contributed by atoms with Gasteiger partial charge < -0.3 is 5.11 Å². The minimum atomic E-state index is -0.536. The highest BCUT2D eigenvalue weighted by Gasteiger charge is 2.34. The van der Waals surface area contributed by atoms with E-state index in [1.54, 1.807) is 0 Å². The number of rotatable bonds is 3. The molecular formula is C11H17BrN2OS. The zero-order valence-electron chi connectivity index (χ0n) is 9.66. The van der Waals surface area contributed by atoms with Crippen molar-refractivity contribution in [1.29, 1.82) is 0 Å². The first-order valence-corrected chi connectivity index (χ1v) is 7.51. The molecule has 1 aliphatic heterocycles. The lowest BCUT2D eigenvalue weighted by molar-refractivity contribution is 0.0665. The third kappa shape index (κ3) is 2.31. The summed E-state index contributed by atoms with van der Waals surface area (Å²) in [5.41, 5.74) is 1.65. The number of thioether (sulfide) groups is 1. The van der Waals surface area contributed by atoms with Gasteiger partial charge in [0.05, 0.1) is 21.5 Å². The average molecular weight is 305 g/mol. The SMILES string of the molecule is CCc1nn(C)c(CC2(O)CCSC2)c1Br. The summed E-state index contributed by atoms with van der Waals surface area (Å²) in [4.78, 5) is 0. The number of hydrogen-bond donors (Lipinski definition) is 1. The van der Waals surface area contributed by atoms with Crippen LogP contribution in [-0.2, 0) is 19.9 Å². The van der Waals surface area contributed by atoms with Crippen LogP contribution in [0.3, 0.4) is 0 Å². The summed E-state index contributed by atoms with van der Waals surface area (Å²) >= 11 is 5.42. The van der Waals surface area contributed by atoms with Crippen LogP contribution in [0.4, 0.5) is 0 Å². The van der Waals surface area contributed by atoms with Crippen LogP contribution >= 0.6 is 27.7 Å². The molecule has 3 nitrogen and oxygen atoms in total. The molecule has 0 bridgehead atoms. The third-order valence-corrected chi connectivity index (χ3v) is 5.23. The fourth-order valence-electron chi connectivity index (χ4n) is 2.06. The van der Waals surface area contributed by atoms with Gasteiger partial charge in [-0.15, -0.1) is 0 Å². The van der Waals surface area contributed by atoms with E-state index in [2.05, 4.69) is 28.0 Å². The van der Waals surface area contributed by atoms with Gasteiger partial charge in [-0.05, 0) is 34.5 Å². The summed E-state index contributed by atoms with van der Waals surface area (Å²) in [6, 6.07) is 0. The summed E-state index contributed by atoms with van der Waals surface area (Å²) in [6.45, 7) is 2.09. The molecule has 1 unspecified atom stereocenters. The lowest BCUT2D eigenvalue weighted by atomic mass is 9.97. The zero-order valence-corrected chi connectivity index (χ0v) is 12.1. The number of nitrogens with zero attached hydrogens (tertiary/aromatic N) is 2. The number of aryl methyl sites for hydroxylation is 2. The molecule has 1 fully saturated rings. The van der Waals surface area contributed by atoms with Crippen molar-refractivity contribution in [2.75, 3.05) is 11.5 Å². The van der Waals surface area contributed by atoms with E-state index in [-0.39, 0.29) is 0 Å². The monoisotopic (exact) mass is 304 g/mol. The molecule has 1 aromatic heterocycles. The minimum absolute atomic E-state index is 0.536. The fraction of sp³-hybridized carbons (Fsp3) is 0.727. The first kappa shape index (κ1) is 12.5. The van der Waals surface area contributed by atoms with Gasteiger partial charge in [0.1, 0.15) is 0 Å². The van der Waals surface area contributed by atoms with E-state index >= 15 is 0 Å². The standard InChI is InChI=1S/C11H17BrN2OS/c1-3-8-10(12)9(14(2)13-8)6-11(15)4-5-16-7-11/h15H,3-7H2,1-2H3. The molecule has 0 aromatic carbocycles. The van der Waals surface area contributed by atoms with E-state index in [0.717, 1.165) is 40.2 Å². The predicted octanol–water partition coefficient (Wildman–Crippen LogP) is 2.16. The van der Waals surface area contributed by atoms with Crippen molar-refractivity contribution in [3.8, 4) is 0 Å². The predicted molar refractivity (Wildman–Crippen MR) is 70.9 cm³/mol. The second-order valence-electron chi connectivity index (χ2n) is 4.39. The smallest absolute Gasteiger partial charge is 0.0801 e. The Balaban J connectivity index is 2.23. The molecule has 0 saturated carbocycles. The van der Waals surface area contributed by atoms with Crippen LogP contribution in [0, 0.1) is 0 Å². The van der Waals surface area contributed by atoms with Gasteiger partial charge in [0.2, 0.25) is 0 Å². The fourth-order valence-corrected chi connectivity index (χ4v) is 4.11. The van der Waals surface area contributed by atoms with Gasteiger partial charge in [-0.25, -0.2) is 0 Å². The van der Waals surface area contributed by atoms with Crippen molar-refractivity contribution in [2.45, 2.75) is 31.8 Å². The van der Waals surface area contributed by atoms with Crippen LogP contribution in [0.5, 0.6) is 0 Å². The van der Waals surface area contributed by atoms with Crippen LogP contribution in [0.25, 0.3) is 0 Å². The largest absolute Gasteiger partial charge is 0.389 e. The highest BCUT2D eigenvalue weighted by atomic mass is 79.9. The molecule has 1 saturated heterocycles. The quantitative estimate of drug-likeness (QED) is 0.930. The maximum Gasteiger partial charge on any atom is 0.0801 e. The Bertz CT molecular complexity index is 386. The molecule has 16 heavy (non-hydrogen) atoms. The summed E-state index contributed by atoms with van der Waals surface area (Å²) in [6.07, 6.45) is 2.50. The molecule has 1 atom stereocenters. The van der Waals surface area contributed by atoms with Crippen LogP contribution in [0.2, 0.25) is 0 Å². The molecular weight excluding hydrogens is 288 g/mol. The van der Waals surface area contributed by atoms with E-state index < -0.39 is 5.60 Å². The molecule has 0 radical (unpaired) electrons.